The van der Waals surface area contributed by atoms with Crippen LogP contribution in [0.15, 0.2) is 79.4 Å². The van der Waals surface area contributed by atoms with Crippen LogP contribution in [-0.4, -0.2) is 13.6 Å². The Kier molecular flexibility index (Phi) is 20.5. The first-order valence-corrected chi connectivity index (χ1v) is 13.0. The van der Waals surface area contributed by atoms with Gasteiger partial charge in [0.05, 0.1) is 0 Å². The number of benzene rings is 2. The van der Waals surface area contributed by atoms with Gasteiger partial charge in [-0.3, -0.25) is 0 Å². The Morgan fingerprint density at radius 2 is 1.34 bits per heavy atom. The molecule has 0 aliphatic carbocycles. The molecule has 0 spiro atoms. The fraction of sp³-hybridized carbons (Fsp3) is 0.455. The zero-order valence-electron chi connectivity index (χ0n) is 24.5. The highest BCUT2D eigenvalue weighted by Gasteiger charge is 2.09. The lowest BCUT2D eigenvalue weighted by molar-refractivity contribution is 0.421. The molecule has 0 aromatic heterocycles. The SMILES string of the molecule is C=CCC.CC=CCC.CCN(c1ccc(C)cc1)c1ccc(/C(C)=C\CC(C)(C)C)cc1.CN. The van der Waals surface area contributed by atoms with Crippen LogP contribution in [0.3, 0.4) is 0 Å². The van der Waals surface area contributed by atoms with Gasteiger partial charge in [-0.2, -0.15) is 0 Å². The first kappa shape index (κ1) is 34.6. The summed E-state index contributed by atoms with van der Waals surface area (Å²) in [5.41, 5.74) is 11.3. The van der Waals surface area contributed by atoms with Crippen molar-refractivity contribution >= 4 is 16.9 Å². The smallest absolute Gasteiger partial charge is 0.0411 e. The standard InChI is InChI=1S/C23H31N.C5H10.C4H8.CH5N/c1-7-24(21-12-8-18(2)9-13-21)22-14-10-20(11-15-22)19(3)16-17-23(4,5)6;1-3-5-4-2;1-3-4-2;1-2/h8-16H,7,17H2,1-6H3;3,5H,4H2,1-2H3;3H,1,4H2,2H3;2H2,1H3/b19-16-;;;. The Morgan fingerprint density at radius 1 is 0.886 bits per heavy atom. The molecule has 0 radical (unpaired) electrons. The summed E-state index contributed by atoms with van der Waals surface area (Å²) in [6, 6.07) is 17.7. The van der Waals surface area contributed by atoms with Crippen molar-refractivity contribution in [1.29, 1.82) is 0 Å². The zero-order valence-corrected chi connectivity index (χ0v) is 24.5. The van der Waals surface area contributed by atoms with Crippen molar-refractivity contribution < 1.29 is 0 Å². The molecule has 0 saturated carbocycles. The predicted octanol–water partition coefficient (Wildman–Crippen LogP) is 10.1. The predicted molar refractivity (Wildman–Crippen MR) is 164 cm³/mol. The van der Waals surface area contributed by atoms with Crippen molar-refractivity contribution in [2.75, 3.05) is 18.5 Å². The van der Waals surface area contributed by atoms with Crippen LogP contribution < -0.4 is 10.6 Å². The highest BCUT2D eigenvalue weighted by atomic mass is 15.1. The van der Waals surface area contributed by atoms with Crippen LogP contribution in [0.1, 0.15) is 85.8 Å². The maximum atomic E-state index is 4.50. The Balaban J connectivity index is 0. The van der Waals surface area contributed by atoms with Crippen molar-refractivity contribution in [1.82, 2.24) is 0 Å². The molecule has 2 aromatic rings. The largest absolute Gasteiger partial charge is 0.342 e. The fourth-order valence-electron chi connectivity index (χ4n) is 2.96. The Labute approximate surface area is 218 Å². The van der Waals surface area contributed by atoms with Gasteiger partial charge in [0.25, 0.3) is 0 Å². The number of aryl methyl sites for hydroxylation is 1. The van der Waals surface area contributed by atoms with Crippen molar-refractivity contribution in [3.8, 4) is 0 Å². The summed E-state index contributed by atoms with van der Waals surface area (Å²) in [4.78, 5) is 2.34. The molecule has 0 bridgehead atoms. The molecular weight excluding hydrogens is 424 g/mol. The molecule has 2 rings (SSSR count). The normalized spacial score (nSPS) is 10.8. The maximum Gasteiger partial charge on any atom is 0.0411 e. The van der Waals surface area contributed by atoms with Gasteiger partial charge in [0.15, 0.2) is 0 Å². The summed E-state index contributed by atoms with van der Waals surface area (Å²) in [5, 5.41) is 0. The number of hydrogen-bond donors (Lipinski definition) is 1. The molecule has 0 unspecified atom stereocenters. The van der Waals surface area contributed by atoms with Gasteiger partial charge in [0.1, 0.15) is 0 Å². The second-order valence-corrected chi connectivity index (χ2v) is 9.45. The number of allylic oxidation sites excluding steroid dienone is 5. The second-order valence-electron chi connectivity index (χ2n) is 9.45. The van der Waals surface area contributed by atoms with Crippen molar-refractivity contribution in [2.24, 2.45) is 11.1 Å². The van der Waals surface area contributed by atoms with Crippen LogP contribution in [0.5, 0.6) is 0 Å². The van der Waals surface area contributed by atoms with Gasteiger partial charge in [-0.1, -0.05) is 88.8 Å². The van der Waals surface area contributed by atoms with E-state index >= 15 is 0 Å². The fourth-order valence-corrected chi connectivity index (χ4v) is 2.96. The summed E-state index contributed by atoms with van der Waals surface area (Å²) in [5.74, 6) is 0. The summed E-state index contributed by atoms with van der Waals surface area (Å²) in [6.07, 6.45) is 11.8. The minimum absolute atomic E-state index is 0.339. The van der Waals surface area contributed by atoms with Crippen LogP contribution in [0.2, 0.25) is 0 Å². The minimum Gasteiger partial charge on any atom is -0.342 e. The van der Waals surface area contributed by atoms with Gasteiger partial charge in [-0.05, 0) is 94.8 Å². The molecule has 2 aromatic carbocycles. The minimum atomic E-state index is 0.339. The molecule has 0 aliphatic rings. The van der Waals surface area contributed by atoms with Crippen LogP contribution >= 0.6 is 0 Å². The van der Waals surface area contributed by atoms with E-state index in [-0.39, 0.29) is 0 Å². The first-order chi connectivity index (χ1) is 16.6. The topological polar surface area (TPSA) is 29.3 Å². The second kappa shape index (κ2) is 20.8. The Morgan fingerprint density at radius 3 is 1.66 bits per heavy atom. The molecule has 0 heterocycles. The summed E-state index contributed by atoms with van der Waals surface area (Å²) >= 11 is 0. The lowest BCUT2D eigenvalue weighted by Gasteiger charge is -2.24. The molecule has 196 valence electrons. The van der Waals surface area contributed by atoms with Gasteiger partial charge in [-0.15, -0.1) is 6.58 Å². The molecule has 0 atom stereocenters. The number of nitrogens with two attached hydrogens (primary N) is 1. The first-order valence-electron chi connectivity index (χ1n) is 13.0. The molecular formula is C33H54N2. The van der Waals surface area contributed by atoms with E-state index in [1.807, 2.05) is 13.0 Å². The molecule has 2 heteroatoms. The molecule has 2 nitrogen and oxygen atoms in total. The number of nitrogens with zero attached hydrogens (tertiary/aromatic N) is 1. The molecule has 35 heavy (non-hydrogen) atoms. The molecule has 0 fully saturated rings. The van der Waals surface area contributed by atoms with Gasteiger partial charge in [0.2, 0.25) is 0 Å². The van der Waals surface area contributed by atoms with Crippen LogP contribution in [-0.2, 0) is 0 Å². The third-order valence-corrected chi connectivity index (χ3v) is 5.08. The van der Waals surface area contributed by atoms with Gasteiger partial charge < -0.3 is 10.6 Å². The maximum absolute atomic E-state index is 4.50. The zero-order chi connectivity index (χ0) is 27.3. The average Bonchev–Trinajstić information content (AvgIpc) is 2.86. The molecule has 0 amide bonds. The van der Waals surface area contributed by atoms with Crippen molar-refractivity contribution in [2.45, 2.75) is 81.6 Å². The van der Waals surface area contributed by atoms with E-state index in [0.29, 0.717) is 5.41 Å². The lowest BCUT2D eigenvalue weighted by atomic mass is 9.90. The third-order valence-electron chi connectivity index (χ3n) is 5.08. The summed E-state index contributed by atoms with van der Waals surface area (Å²) < 4.78 is 0. The molecule has 2 N–H and O–H groups in total. The van der Waals surface area contributed by atoms with E-state index in [9.17, 15) is 0 Å². The highest BCUT2D eigenvalue weighted by Crippen LogP contribution is 2.28. The third kappa shape index (κ3) is 16.6. The number of hydrogen-bond acceptors (Lipinski definition) is 2. The number of rotatable bonds is 7. The highest BCUT2D eigenvalue weighted by molar-refractivity contribution is 5.69. The van der Waals surface area contributed by atoms with Crippen LogP contribution in [0, 0.1) is 12.3 Å². The van der Waals surface area contributed by atoms with E-state index in [2.05, 4.69) is 139 Å². The van der Waals surface area contributed by atoms with Gasteiger partial charge in [-0.25, -0.2) is 0 Å². The summed E-state index contributed by atoms with van der Waals surface area (Å²) in [6.45, 7) is 24.0. The van der Waals surface area contributed by atoms with E-state index in [4.69, 9.17) is 0 Å². The van der Waals surface area contributed by atoms with E-state index in [1.165, 1.54) is 35.1 Å². The lowest BCUT2D eigenvalue weighted by Crippen LogP contribution is -2.15. The van der Waals surface area contributed by atoms with Crippen molar-refractivity contribution in [3.63, 3.8) is 0 Å². The Bertz CT molecular complexity index is 819. The van der Waals surface area contributed by atoms with Gasteiger partial charge in [0, 0.05) is 17.9 Å². The van der Waals surface area contributed by atoms with E-state index in [1.54, 1.807) is 0 Å². The van der Waals surface area contributed by atoms with Crippen molar-refractivity contribution in [3.05, 3.63) is 90.5 Å². The monoisotopic (exact) mass is 478 g/mol. The Hall–Kier alpha value is -2.58. The molecule has 0 saturated heterocycles. The van der Waals surface area contributed by atoms with E-state index < -0.39 is 0 Å². The molecule has 0 aliphatic heterocycles. The summed E-state index contributed by atoms with van der Waals surface area (Å²) in [7, 11) is 1.50. The van der Waals surface area contributed by atoms with Crippen LogP contribution in [0.4, 0.5) is 11.4 Å². The van der Waals surface area contributed by atoms with Gasteiger partial charge >= 0.3 is 0 Å². The van der Waals surface area contributed by atoms with E-state index in [0.717, 1.165) is 25.8 Å². The average molecular weight is 479 g/mol. The number of anilines is 2. The quantitative estimate of drug-likeness (QED) is 0.401. The van der Waals surface area contributed by atoms with Crippen LogP contribution in [0.25, 0.3) is 5.57 Å².